The highest BCUT2D eigenvalue weighted by atomic mass is 16.5. The van der Waals surface area contributed by atoms with Crippen LogP contribution in [0.1, 0.15) is 54.2 Å². The molecule has 1 saturated carbocycles. The van der Waals surface area contributed by atoms with E-state index in [9.17, 15) is 4.79 Å². The number of hydrogen-bond donors (Lipinski definition) is 3. The highest BCUT2D eigenvalue weighted by molar-refractivity contribution is 6.01. The standard InChI is InChI=1S/C29H32N4O2/c1-2-35-28(31)21-11-10-20-16-27(29(34)32-24-14-12-23(30)13-15-24)33(26(20)17-21)18-22-8-5-7-19-6-3-4-9-25(19)22/h3-11,16-17,23-24,31H,2,12-15,18,30H2,1H3,(H,32,34). The number of carbonyl (C=O) groups is 1. The Balaban J connectivity index is 1.57. The smallest absolute Gasteiger partial charge is 0.268 e. The van der Waals surface area contributed by atoms with Crippen molar-refractivity contribution in [3.63, 3.8) is 0 Å². The van der Waals surface area contributed by atoms with Crippen molar-refractivity contribution in [3.05, 3.63) is 83.6 Å². The largest absolute Gasteiger partial charge is 0.478 e. The van der Waals surface area contributed by atoms with Crippen LogP contribution in [0, 0.1) is 5.41 Å². The van der Waals surface area contributed by atoms with Gasteiger partial charge in [-0.3, -0.25) is 10.2 Å². The maximum absolute atomic E-state index is 13.5. The molecule has 1 aromatic heterocycles. The van der Waals surface area contributed by atoms with E-state index in [1.54, 1.807) is 0 Å². The third-order valence-electron chi connectivity index (χ3n) is 7.00. The van der Waals surface area contributed by atoms with Crippen molar-refractivity contribution in [2.24, 2.45) is 5.73 Å². The predicted molar refractivity (Wildman–Crippen MR) is 141 cm³/mol. The lowest BCUT2D eigenvalue weighted by Crippen LogP contribution is -2.41. The Labute approximate surface area is 205 Å². The van der Waals surface area contributed by atoms with Crippen molar-refractivity contribution in [2.45, 2.75) is 51.2 Å². The number of amides is 1. The Morgan fingerprint density at radius 1 is 1.03 bits per heavy atom. The van der Waals surface area contributed by atoms with Crippen molar-refractivity contribution in [1.29, 1.82) is 5.41 Å². The van der Waals surface area contributed by atoms with Crippen LogP contribution >= 0.6 is 0 Å². The van der Waals surface area contributed by atoms with Crippen molar-refractivity contribution in [2.75, 3.05) is 6.61 Å². The first-order valence-corrected chi connectivity index (χ1v) is 12.4. The van der Waals surface area contributed by atoms with E-state index in [1.807, 2.05) is 43.3 Å². The van der Waals surface area contributed by atoms with Gasteiger partial charge in [0.2, 0.25) is 5.90 Å². The minimum absolute atomic E-state index is 0.0663. The molecule has 0 bridgehead atoms. The fraction of sp³-hybridized carbons (Fsp3) is 0.310. The molecule has 0 saturated heterocycles. The number of rotatable bonds is 6. The van der Waals surface area contributed by atoms with Crippen LogP contribution < -0.4 is 11.1 Å². The average molecular weight is 469 g/mol. The summed E-state index contributed by atoms with van der Waals surface area (Å²) in [5, 5.41) is 14.8. The predicted octanol–water partition coefficient (Wildman–Crippen LogP) is 5.20. The van der Waals surface area contributed by atoms with Gasteiger partial charge in [0, 0.05) is 35.1 Å². The monoisotopic (exact) mass is 468 g/mol. The number of benzene rings is 3. The van der Waals surface area contributed by atoms with Gasteiger partial charge in [-0.15, -0.1) is 0 Å². The average Bonchev–Trinajstić information content (AvgIpc) is 3.23. The summed E-state index contributed by atoms with van der Waals surface area (Å²) in [6.45, 7) is 2.86. The van der Waals surface area contributed by atoms with Gasteiger partial charge in [-0.1, -0.05) is 48.5 Å². The summed E-state index contributed by atoms with van der Waals surface area (Å²) in [5.41, 5.74) is 9.44. The molecule has 1 heterocycles. The van der Waals surface area contributed by atoms with E-state index in [2.05, 4.69) is 40.2 Å². The Morgan fingerprint density at radius 2 is 1.80 bits per heavy atom. The Kier molecular flexibility index (Phi) is 6.55. The molecule has 1 aliphatic rings. The number of nitrogens with zero attached hydrogens (tertiary/aromatic N) is 1. The lowest BCUT2D eigenvalue weighted by atomic mass is 9.92. The lowest BCUT2D eigenvalue weighted by molar-refractivity contribution is 0.0917. The maximum Gasteiger partial charge on any atom is 0.268 e. The molecule has 6 heteroatoms. The molecule has 0 aliphatic heterocycles. The fourth-order valence-electron chi connectivity index (χ4n) is 5.11. The second-order valence-electron chi connectivity index (χ2n) is 9.37. The zero-order valence-corrected chi connectivity index (χ0v) is 20.1. The number of hydrogen-bond acceptors (Lipinski definition) is 4. The number of ether oxygens (including phenoxy) is 1. The van der Waals surface area contributed by atoms with Crippen molar-refractivity contribution in [1.82, 2.24) is 9.88 Å². The molecular weight excluding hydrogens is 436 g/mol. The fourth-order valence-corrected chi connectivity index (χ4v) is 5.11. The number of carbonyl (C=O) groups excluding carboxylic acids is 1. The van der Waals surface area contributed by atoms with Gasteiger partial charge in [-0.05, 0) is 67.1 Å². The molecule has 0 unspecified atom stereocenters. The maximum atomic E-state index is 13.5. The molecule has 3 aromatic carbocycles. The second-order valence-corrected chi connectivity index (χ2v) is 9.37. The minimum Gasteiger partial charge on any atom is -0.478 e. The molecule has 1 fully saturated rings. The van der Waals surface area contributed by atoms with E-state index in [0.717, 1.165) is 42.1 Å². The summed E-state index contributed by atoms with van der Waals surface area (Å²) in [4.78, 5) is 13.5. The van der Waals surface area contributed by atoms with Crippen LogP contribution in [0.5, 0.6) is 0 Å². The summed E-state index contributed by atoms with van der Waals surface area (Å²) in [6, 6.07) is 22.7. The van der Waals surface area contributed by atoms with Gasteiger partial charge >= 0.3 is 0 Å². The van der Waals surface area contributed by atoms with Gasteiger partial charge < -0.3 is 20.4 Å². The van der Waals surface area contributed by atoms with E-state index in [-0.39, 0.29) is 23.9 Å². The van der Waals surface area contributed by atoms with Crippen LogP contribution in [0.3, 0.4) is 0 Å². The van der Waals surface area contributed by atoms with Gasteiger partial charge in [0.05, 0.1) is 6.61 Å². The van der Waals surface area contributed by atoms with Crippen LogP contribution in [-0.2, 0) is 11.3 Å². The molecule has 180 valence electrons. The summed E-state index contributed by atoms with van der Waals surface area (Å²) < 4.78 is 7.51. The second kappa shape index (κ2) is 9.92. The van der Waals surface area contributed by atoms with E-state index in [4.69, 9.17) is 15.9 Å². The Morgan fingerprint density at radius 3 is 2.60 bits per heavy atom. The van der Waals surface area contributed by atoms with Gasteiger partial charge in [-0.2, -0.15) is 0 Å². The zero-order chi connectivity index (χ0) is 24.4. The normalized spacial score (nSPS) is 18.0. The molecule has 6 nitrogen and oxygen atoms in total. The SMILES string of the molecule is CCOC(=N)c1ccc2cc(C(=O)NC3CCC(N)CC3)n(Cc3cccc4ccccc34)c2c1. The van der Waals surface area contributed by atoms with Crippen LogP contribution in [0.2, 0.25) is 0 Å². The van der Waals surface area contributed by atoms with Gasteiger partial charge in [0.25, 0.3) is 5.91 Å². The summed E-state index contributed by atoms with van der Waals surface area (Å²) >= 11 is 0. The molecular formula is C29H32N4O2. The quantitative estimate of drug-likeness (QED) is 0.268. The lowest BCUT2D eigenvalue weighted by Gasteiger charge is -2.27. The molecule has 0 radical (unpaired) electrons. The first kappa shape index (κ1) is 23.1. The van der Waals surface area contributed by atoms with Gasteiger partial charge in [-0.25, -0.2) is 0 Å². The molecule has 0 spiro atoms. The highest BCUT2D eigenvalue weighted by Gasteiger charge is 2.23. The molecule has 35 heavy (non-hydrogen) atoms. The molecule has 1 aliphatic carbocycles. The molecule has 4 N–H and O–H groups in total. The number of fused-ring (bicyclic) bond motifs is 2. The summed E-state index contributed by atoms with van der Waals surface area (Å²) in [7, 11) is 0. The Bertz CT molecular complexity index is 1380. The van der Waals surface area contributed by atoms with Crippen LogP contribution in [0.25, 0.3) is 21.7 Å². The van der Waals surface area contributed by atoms with E-state index < -0.39 is 0 Å². The first-order chi connectivity index (χ1) is 17.0. The zero-order valence-electron chi connectivity index (χ0n) is 20.1. The number of nitrogens with one attached hydrogen (secondary N) is 2. The molecule has 0 atom stereocenters. The van der Waals surface area contributed by atoms with Crippen LogP contribution in [0.4, 0.5) is 0 Å². The Hall–Kier alpha value is -3.64. The topological polar surface area (TPSA) is 93.1 Å². The number of aromatic nitrogens is 1. The highest BCUT2D eigenvalue weighted by Crippen LogP contribution is 2.27. The van der Waals surface area contributed by atoms with Crippen molar-refractivity contribution >= 4 is 33.5 Å². The van der Waals surface area contributed by atoms with Gasteiger partial charge in [0.15, 0.2) is 0 Å². The van der Waals surface area contributed by atoms with Crippen LogP contribution in [0.15, 0.2) is 66.7 Å². The molecule has 1 amide bonds. The van der Waals surface area contributed by atoms with E-state index in [1.165, 1.54) is 10.8 Å². The third-order valence-corrected chi connectivity index (χ3v) is 7.00. The summed E-state index contributed by atoms with van der Waals surface area (Å²) in [6.07, 6.45) is 3.69. The number of nitrogens with two attached hydrogens (primary N) is 1. The van der Waals surface area contributed by atoms with Crippen molar-refractivity contribution < 1.29 is 9.53 Å². The molecule has 4 aromatic rings. The van der Waals surface area contributed by atoms with Crippen molar-refractivity contribution in [3.8, 4) is 0 Å². The van der Waals surface area contributed by atoms with E-state index >= 15 is 0 Å². The minimum atomic E-state index is -0.0663. The van der Waals surface area contributed by atoms with Gasteiger partial charge in [0.1, 0.15) is 5.69 Å². The van der Waals surface area contributed by atoms with Crippen LogP contribution in [-0.4, -0.2) is 35.1 Å². The molecule has 5 rings (SSSR count). The summed E-state index contributed by atoms with van der Waals surface area (Å²) in [5.74, 6) is 0.0696. The first-order valence-electron chi connectivity index (χ1n) is 12.4. The third kappa shape index (κ3) is 4.80. The van der Waals surface area contributed by atoms with E-state index in [0.29, 0.717) is 24.4 Å².